The quantitative estimate of drug-likeness (QED) is 0.791. The van der Waals surface area contributed by atoms with Crippen LogP contribution in [0, 0.1) is 23.7 Å². The van der Waals surface area contributed by atoms with Crippen molar-refractivity contribution in [1.82, 2.24) is 0 Å². The zero-order chi connectivity index (χ0) is 12.4. The van der Waals surface area contributed by atoms with Gasteiger partial charge in [0.05, 0.1) is 0 Å². The van der Waals surface area contributed by atoms with Crippen LogP contribution < -0.4 is 5.32 Å². The number of nitrogens with one attached hydrogen (secondary N) is 1. The van der Waals surface area contributed by atoms with Crippen molar-refractivity contribution in [3.8, 4) is 0 Å². The smallest absolute Gasteiger partial charge is 0.0373 e. The van der Waals surface area contributed by atoms with Gasteiger partial charge in [-0.3, -0.25) is 0 Å². The molecule has 0 radical (unpaired) electrons. The van der Waals surface area contributed by atoms with Crippen LogP contribution >= 0.6 is 0 Å². The van der Waals surface area contributed by atoms with Gasteiger partial charge < -0.3 is 5.32 Å². The summed E-state index contributed by atoms with van der Waals surface area (Å²) in [5.74, 6) is 5.12. The highest BCUT2D eigenvalue weighted by molar-refractivity contribution is 5.57. The lowest BCUT2D eigenvalue weighted by molar-refractivity contribution is -0.00278. The molecule has 4 bridgehead atoms. The lowest BCUT2D eigenvalue weighted by Gasteiger charge is -2.54. The summed E-state index contributed by atoms with van der Waals surface area (Å²) in [4.78, 5) is 0. The Balaban J connectivity index is 1.52. The average Bonchev–Trinajstić information content (AvgIpc) is 2.84. The van der Waals surface area contributed by atoms with Crippen LogP contribution in [0.5, 0.6) is 0 Å². The first-order valence-electron chi connectivity index (χ1n) is 8.23. The average molecular weight is 253 g/mol. The number of anilines is 1. The van der Waals surface area contributed by atoms with Gasteiger partial charge in [0.15, 0.2) is 0 Å². The van der Waals surface area contributed by atoms with Crippen molar-refractivity contribution in [2.24, 2.45) is 23.7 Å². The van der Waals surface area contributed by atoms with Gasteiger partial charge in [-0.05, 0) is 85.3 Å². The summed E-state index contributed by atoms with van der Waals surface area (Å²) in [5.41, 5.74) is 4.65. The molecule has 4 aliphatic carbocycles. The first-order valence-corrected chi connectivity index (χ1v) is 8.23. The third-order valence-electron chi connectivity index (χ3n) is 6.45. The van der Waals surface area contributed by atoms with Gasteiger partial charge in [0.2, 0.25) is 0 Å². The van der Waals surface area contributed by atoms with Gasteiger partial charge in [-0.1, -0.05) is 12.1 Å². The van der Waals surface area contributed by atoms with Crippen LogP contribution in [0.2, 0.25) is 0 Å². The topological polar surface area (TPSA) is 12.0 Å². The fourth-order valence-corrected chi connectivity index (χ4v) is 6.00. The Bertz CT molecular complexity index is 490. The summed E-state index contributed by atoms with van der Waals surface area (Å²) in [6, 6.07) is 7.33. The van der Waals surface area contributed by atoms with Gasteiger partial charge in [-0.25, -0.2) is 0 Å². The van der Waals surface area contributed by atoms with Crippen molar-refractivity contribution in [2.45, 2.75) is 44.4 Å². The number of hydrogen-bond acceptors (Lipinski definition) is 1. The fraction of sp³-hybridized carbons (Fsp3) is 0.667. The van der Waals surface area contributed by atoms with Gasteiger partial charge in [-0.2, -0.15) is 0 Å². The zero-order valence-electron chi connectivity index (χ0n) is 11.6. The predicted octanol–water partition coefficient (Wildman–Crippen LogP) is 4.19. The molecule has 1 aromatic rings. The molecule has 5 aliphatic rings. The lowest BCUT2D eigenvalue weighted by Crippen LogP contribution is -2.43. The van der Waals surface area contributed by atoms with Crippen molar-refractivity contribution in [3.05, 3.63) is 29.3 Å². The van der Waals surface area contributed by atoms with Crippen LogP contribution in [0.25, 0.3) is 0 Å². The molecular formula is C18H23N. The molecule has 1 aliphatic heterocycles. The number of fused-ring (bicyclic) bond motifs is 1. The minimum absolute atomic E-state index is 0.902. The van der Waals surface area contributed by atoms with Crippen LogP contribution in [0.1, 0.15) is 49.1 Å². The van der Waals surface area contributed by atoms with E-state index in [9.17, 15) is 0 Å². The monoisotopic (exact) mass is 253 g/mol. The second-order valence-corrected chi connectivity index (χ2v) is 7.55. The fourth-order valence-electron chi connectivity index (χ4n) is 6.00. The van der Waals surface area contributed by atoms with E-state index in [-0.39, 0.29) is 0 Å². The second-order valence-electron chi connectivity index (χ2n) is 7.55. The van der Waals surface area contributed by atoms with Gasteiger partial charge >= 0.3 is 0 Å². The Hall–Kier alpha value is -0.980. The molecule has 1 nitrogen and oxygen atoms in total. The van der Waals surface area contributed by atoms with Crippen LogP contribution in [0.4, 0.5) is 5.69 Å². The Kier molecular flexibility index (Phi) is 2.14. The molecule has 0 saturated heterocycles. The SMILES string of the molecule is c1cc2c(cc1C1C3CC4CC(C3)CC1C4)CCN2. The molecule has 4 saturated carbocycles. The van der Waals surface area contributed by atoms with Gasteiger partial charge in [0, 0.05) is 12.2 Å². The molecule has 0 atom stereocenters. The summed E-state index contributed by atoms with van der Waals surface area (Å²) in [6.07, 6.45) is 8.93. The predicted molar refractivity (Wildman–Crippen MR) is 78.4 cm³/mol. The van der Waals surface area contributed by atoms with Crippen LogP contribution in [-0.4, -0.2) is 6.54 Å². The van der Waals surface area contributed by atoms with Crippen molar-refractivity contribution >= 4 is 5.69 Å². The van der Waals surface area contributed by atoms with Gasteiger partial charge in [0.25, 0.3) is 0 Å². The highest BCUT2D eigenvalue weighted by Crippen LogP contribution is 2.59. The van der Waals surface area contributed by atoms with E-state index in [0.717, 1.165) is 36.1 Å². The first kappa shape index (κ1) is 10.8. The highest BCUT2D eigenvalue weighted by atomic mass is 14.9. The van der Waals surface area contributed by atoms with Crippen LogP contribution in [0.3, 0.4) is 0 Å². The molecule has 1 aromatic carbocycles. The lowest BCUT2D eigenvalue weighted by atomic mass is 9.50. The summed E-state index contributed by atoms with van der Waals surface area (Å²) in [6.45, 7) is 1.14. The molecule has 100 valence electrons. The molecule has 0 aromatic heterocycles. The minimum Gasteiger partial charge on any atom is -0.384 e. The molecular weight excluding hydrogens is 230 g/mol. The van der Waals surface area contributed by atoms with E-state index in [0.29, 0.717) is 0 Å². The van der Waals surface area contributed by atoms with Gasteiger partial charge in [0.1, 0.15) is 0 Å². The maximum absolute atomic E-state index is 3.49. The minimum atomic E-state index is 0.902. The second kappa shape index (κ2) is 3.77. The van der Waals surface area contributed by atoms with Crippen LogP contribution in [-0.2, 0) is 6.42 Å². The molecule has 1 heterocycles. The normalized spacial score (nSPS) is 42.2. The Morgan fingerprint density at radius 1 is 0.895 bits per heavy atom. The first-order chi connectivity index (χ1) is 9.37. The van der Waals surface area contributed by atoms with Crippen molar-refractivity contribution in [2.75, 3.05) is 11.9 Å². The highest BCUT2D eigenvalue weighted by Gasteiger charge is 2.48. The van der Waals surface area contributed by atoms with Crippen molar-refractivity contribution in [3.63, 3.8) is 0 Å². The Morgan fingerprint density at radius 2 is 1.63 bits per heavy atom. The van der Waals surface area contributed by atoms with E-state index in [1.807, 2.05) is 0 Å². The standard InChI is InChI=1S/C18H23N/c1-2-17-13(3-4-19-17)10-14(1)18-15-6-11-5-12(8-15)9-16(18)7-11/h1-2,10-12,15-16,18-19H,3-9H2. The number of benzene rings is 1. The number of rotatable bonds is 1. The van der Waals surface area contributed by atoms with Gasteiger partial charge in [-0.15, -0.1) is 0 Å². The molecule has 1 heteroatoms. The largest absolute Gasteiger partial charge is 0.384 e. The Labute approximate surface area is 115 Å². The molecule has 19 heavy (non-hydrogen) atoms. The maximum Gasteiger partial charge on any atom is 0.0373 e. The van der Waals surface area contributed by atoms with E-state index < -0.39 is 0 Å². The summed E-state index contributed by atoms with van der Waals surface area (Å²) in [7, 11) is 0. The van der Waals surface area contributed by atoms with E-state index >= 15 is 0 Å². The summed E-state index contributed by atoms with van der Waals surface area (Å²) in [5, 5.41) is 3.49. The van der Waals surface area contributed by atoms with Crippen molar-refractivity contribution in [1.29, 1.82) is 0 Å². The third-order valence-corrected chi connectivity index (χ3v) is 6.45. The van der Waals surface area contributed by atoms with Crippen LogP contribution in [0.15, 0.2) is 18.2 Å². The summed E-state index contributed by atoms with van der Waals surface area (Å²) < 4.78 is 0. The summed E-state index contributed by atoms with van der Waals surface area (Å²) >= 11 is 0. The van der Waals surface area contributed by atoms with E-state index in [4.69, 9.17) is 0 Å². The molecule has 0 amide bonds. The third kappa shape index (κ3) is 1.53. The molecule has 6 rings (SSSR count). The molecule has 0 unspecified atom stereocenters. The van der Waals surface area contributed by atoms with Crippen molar-refractivity contribution < 1.29 is 0 Å². The van der Waals surface area contributed by atoms with E-state index in [1.165, 1.54) is 37.8 Å². The Morgan fingerprint density at radius 3 is 2.37 bits per heavy atom. The zero-order valence-corrected chi connectivity index (χ0v) is 11.6. The van der Waals surface area contributed by atoms with E-state index in [2.05, 4.69) is 23.5 Å². The molecule has 1 N–H and O–H groups in total. The molecule has 4 fully saturated rings. The maximum atomic E-state index is 3.49. The number of hydrogen-bond donors (Lipinski definition) is 1. The molecule has 0 spiro atoms. The van der Waals surface area contributed by atoms with E-state index in [1.54, 1.807) is 17.5 Å².